The average Bonchev–Trinajstić information content (AvgIpc) is 2.02. The monoisotopic (exact) mass is 228 g/mol. The largest absolute Gasteiger partial charge is 0.510 e. The molecule has 0 unspecified atom stereocenters. The Kier molecular flexibility index (Phi) is 17.9. The quantitative estimate of drug-likeness (QED) is 0.294. The summed E-state index contributed by atoms with van der Waals surface area (Å²) in [5, 5.41) is 43.9. The van der Waals surface area contributed by atoms with Crippen molar-refractivity contribution in [2.75, 3.05) is 6.61 Å². The maximum Gasteiger partial charge on any atom is 0.291 e. The van der Waals surface area contributed by atoms with E-state index in [1.165, 1.54) is 0 Å². The van der Waals surface area contributed by atoms with Crippen LogP contribution in [0.25, 0.3) is 0 Å². The van der Waals surface area contributed by atoms with E-state index in [1.807, 2.05) is 6.92 Å². The van der Waals surface area contributed by atoms with E-state index in [0.29, 0.717) is 0 Å². The second-order valence-electron chi connectivity index (χ2n) is 1.74. The van der Waals surface area contributed by atoms with E-state index in [4.69, 9.17) is 40.9 Å². The third-order valence-electron chi connectivity index (χ3n) is 0.602. The molecule has 0 aliphatic heterocycles. The van der Waals surface area contributed by atoms with Gasteiger partial charge in [0.2, 0.25) is 0 Å². The van der Waals surface area contributed by atoms with E-state index in [-0.39, 0.29) is 12.4 Å². The van der Waals surface area contributed by atoms with Gasteiger partial charge in [-0.15, -0.1) is 20.2 Å². The standard InChI is InChI=1S/C5H10O2.2HNO3/c1-2-3-5(7)4-6;2*2-1(3)4/h3,6-7H,2,4H2,1H3;2*(H,2,3,4). The van der Waals surface area contributed by atoms with Crippen LogP contribution in [0, 0.1) is 20.2 Å². The summed E-state index contributed by atoms with van der Waals surface area (Å²) in [4.78, 5) is 16.7. The molecule has 0 aliphatic carbocycles. The Labute approximate surface area is 83.9 Å². The summed E-state index contributed by atoms with van der Waals surface area (Å²) >= 11 is 0. The van der Waals surface area contributed by atoms with Gasteiger partial charge in [0.15, 0.2) is 0 Å². The molecular weight excluding hydrogens is 216 g/mol. The lowest BCUT2D eigenvalue weighted by Gasteiger charge is -1.87. The zero-order valence-electron chi connectivity index (χ0n) is 7.81. The second-order valence-corrected chi connectivity index (χ2v) is 1.74. The van der Waals surface area contributed by atoms with Crippen molar-refractivity contribution in [2.24, 2.45) is 0 Å². The van der Waals surface area contributed by atoms with Gasteiger partial charge >= 0.3 is 0 Å². The fourth-order valence-corrected chi connectivity index (χ4v) is 0.300. The number of nitrogens with zero attached hydrogens (tertiary/aromatic N) is 2. The van der Waals surface area contributed by atoms with Crippen LogP contribution in [-0.4, -0.2) is 37.4 Å². The molecule has 10 nitrogen and oxygen atoms in total. The molecule has 0 aromatic rings. The number of allylic oxidation sites excluding steroid dienone is 1. The van der Waals surface area contributed by atoms with E-state index >= 15 is 0 Å². The molecule has 90 valence electrons. The summed E-state index contributed by atoms with van der Waals surface area (Å²) in [6, 6.07) is 0. The number of hydrogen-bond donors (Lipinski definition) is 4. The van der Waals surface area contributed by atoms with Crippen LogP contribution < -0.4 is 0 Å². The Morgan fingerprint density at radius 1 is 1.27 bits per heavy atom. The zero-order valence-corrected chi connectivity index (χ0v) is 7.81. The molecule has 0 saturated carbocycles. The highest BCUT2D eigenvalue weighted by Gasteiger charge is 1.81. The molecule has 0 saturated heterocycles. The Hall–Kier alpha value is -2.10. The highest BCUT2D eigenvalue weighted by atomic mass is 16.9. The molecule has 0 fully saturated rings. The van der Waals surface area contributed by atoms with Gasteiger partial charge in [-0.05, 0) is 12.5 Å². The highest BCUT2D eigenvalue weighted by Crippen LogP contribution is 1.86. The molecule has 0 heterocycles. The predicted octanol–water partition coefficient (Wildman–Crippen LogP) is 0.135. The van der Waals surface area contributed by atoms with Crippen LogP contribution in [0.3, 0.4) is 0 Å². The van der Waals surface area contributed by atoms with Crippen molar-refractivity contribution in [1.29, 1.82) is 0 Å². The minimum absolute atomic E-state index is 0.0579. The number of hydrogen-bond acceptors (Lipinski definition) is 6. The lowest BCUT2D eigenvalue weighted by molar-refractivity contribution is -0.742. The normalized spacial score (nSPS) is 8.80. The van der Waals surface area contributed by atoms with Crippen LogP contribution in [0.4, 0.5) is 0 Å². The number of aliphatic hydroxyl groups excluding tert-OH is 2. The summed E-state index contributed by atoms with van der Waals surface area (Å²) in [6.07, 6.45) is 2.34. The molecule has 15 heavy (non-hydrogen) atoms. The van der Waals surface area contributed by atoms with Crippen molar-refractivity contribution >= 4 is 0 Å². The van der Waals surface area contributed by atoms with Gasteiger partial charge in [0.25, 0.3) is 10.2 Å². The van der Waals surface area contributed by atoms with Crippen molar-refractivity contribution in [3.8, 4) is 0 Å². The van der Waals surface area contributed by atoms with Crippen molar-refractivity contribution in [3.05, 3.63) is 32.1 Å². The van der Waals surface area contributed by atoms with Crippen molar-refractivity contribution in [3.63, 3.8) is 0 Å². The van der Waals surface area contributed by atoms with E-state index in [1.54, 1.807) is 6.08 Å². The van der Waals surface area contributed by atoms with Gasteiger partial charge in [-0.1, -0.05) is 6.92 Å². The first-order valence-electron chi connectivity index (χ1n) is 3.43. The van der Waals surface area contributed by atoms with Crippen LogP contribution >= 0.6 is 0 Å². The molecule has 0 aliphatic rings. The molecular formula is C5H12N2O8. The molecule has 4 N–H and O–H groups in total. The minimum Gasteiger partial charge on any atom is -0.510 e. The van der Waals surface area contributed by atoms with Crippen LogP contribution in [0.5, 0.6) is 0 Å². The molecule has 0 aromatic carbocycles. The van der Waals surface area contributed by atoms with Crippen LogP contribution in [0.1, 0.15) is 13.3 Å². The van der Waals surface area contributed by atoms with Crippen LogP contribution in [0.15, 0.2) is 11.8 Å². The maximum atomic E-state index is 8.47. The van der Waals surface area contributed by atoms with Gasteiger partial charge in [-0.2, -0.15) is 0 Å². The third-order valence-corrected chi connectivity index (χ3v) is 0.602. The van der Waals surface area contributed by atoms with Gasteiger partial charge in [0.05, 0.1) is 6.61 Å². The SMILES string of the molecule is CCC=C(O)CO.O=[N+]([O-])O.O=[N+]([O-])O. The Morgan fingerprint density at radius 2 is 1.53 bits per heavy atom. The fourth-order valence-electron chi connectivity index (χ4n) is 0.300. The topological polar surface area (TPSA) is 167 Å². The van der Waals surface area contributed by atoms with Crippen LogP contribution in [-0.2, 0) is 0 Å². The first-order chi connectivity index (χ1) is 6.77. The molecule has 0 bridgehead atoms. The average molecular weight is 228 g/mol. The predicted molar refractivity (Wildman–Crippen MR) is 45.7 cm³/mol. The summed E-state index contributed by atoms with van der Waals surface area (Å²) < 4.78 is 0. The zero-order chi connectivity index (χ0) is 12.9. The Morgan fingerprint density at radius 3 is 1.60 bits per heavy atom. The number of rotatable bonds is 2. The molecule has 0 amide bonds. The van der Waals surface area contributed by atoms with E-state index in [0.717, 1.165) is 6.42 Å². The van der Waals surface area contributed by atoms with Crippen molar-refractivity contribution < 1.29 is 30.8 Å². The highest BCUT2D eigenvalue weighted by molar-refractivity contribution is 4.88. The van der Waals surface area contributed by atoms with Gasteiger partial charge < -0.3 is 20.6 Å². The van der Waals surface area contributed by atoms with Gasteiger partial charge in [0, 0.05) is 0 Å². The van der Waals surface area contributed by atoms with Crippen molar-refractivity contribution in [1.82, 2.24) is 0 Å². The van der Waals surface area contributed by atoms with E-state index in [2.05, 4.69) is 0 Å². The number of aliphatic hydroxyl groups is 2. The lowest BCUT2D eigenvalue weighted by Crippen LogP contribution is -1.85. The van der Waals surface area contributed by atoms with Crippen LogP contribution in [0.2, 0.25) is 0 Å². The first kappa shape index (κ1) is 18.6. The molecule has 0 atom stereocenters. The molecule has 10 heteroatoms. The first-order valence-corrected chi connectivity index (χ1v) is 3.43. The lowest BCUT2D eigenvalue weighted by atomic mass is 10.4. The van der Waals surface area contributed by atoms with Gasteiger partial charge in [0.1, 0.15) is 5.76 Å². The molecule has 0 aromatic heterocycles. The van der Waals surface area contributed by atoms with Crippen molar-refractivity contribution in [2.45, 2.75) is 13.3 Å². The Balaban J connectivity index is -0.000000155. The summed E-state index contributed by atoms with van der Waals surface area (Å²) in [7, 11) is 0. The summed E-state index contributed by atoms with van der Waals surface area (Å²) in [6.45, 7) is 1.65. The molecule has 0 spiro atoms. The molecule has 0 rings (SSSR count). The van der Waals surface area contributed by atoms with E-state index < -0.39 is 10.2 Å². The smallest absolute Gasteiger partial charge is 0.291 e. The summed E-state index contributed by atoms with van der Waals surface area (Å²) in [5.74, 6) is 0.0579. The van der Waals surface area contributed by atoms with Gasteiger partial charge in [-0.25, -0.2) is 0 Å². The second kappa shape index (κ2) is 14.4. The van der Waals surface area contributed by atoms with E-state index in [9.17, 15) is 0 Å². The minimum atomic E-state index is -1.50. The maximum absolute atomic E-state index is 8.47. The Bertz CT molecular complexity index is 183. The molecule has 0 radical (unpaired) electrons. The third kappa shape index (κ3) is 139. The van der Waals surface area contributed by atoms with Gasteiger partial charge in [-0.3, -0.25) is 0 Å². The summed E-state index contributed by atoms with van der Waals surface area (Å²) in [5.41, 5.74) is 0. The fraction of sp³-hybridized carbons (Fsp3) is 0.600.